The van der Waals surface area contributed by atoms with Gasteiger partial charge in [-0.15, -0.1) is 0 Å². The lowest BCUT2D eigenvalue weighted by Gasteiger charge is -2.10. The van der Waals surface area contributed by atoms with Crippen molar-refractivity contribution in [2.45, 2.75) is 20.4 Å². The highest BCUT2D eigenvalue weighted by Crippen LogP contribution is 2.25. The molecule has 2 aromatic heterocycles. The highest BCUT2D eigenvalue weighted by Gasteiger charge is 2.04. The van der Waals surface area contributed by atoms with Gasteiger partial charge in [0.2, 0.25) is 0 Å². The molecule has 0 amide bonds. The van der Waals surface area contributed by atoms with Crippen LogP contribution in [0.3, 0.4) is 0 Å². The lowest BCUT2D eigenvalue weighted by molar-refractivity contribution is 0.339. The summed E-state index contributed by atoms with van der Waals surface area (Å²) in [6.45, 7) is 5.00. The van der Waals surface area contributed by atoms with E-state index in [0.717, 1.165) is 28.5 Å². The van der Waals surface area contributed by atoms with Crippen molar-refractivity contribution in [3.05, 3.63) is 94.5 Å². The zero-order chi connectivity index (χ0) is 20.9. The third-order valence-corrected chi connectivity index (χ3v) is 4.56. The quantitative estimate of drug-likeness (QED) is 0.482. The molecule has 0 bridgehead atoms. The Kier molecular flexibility index (Phi) is 5.66. The first-order valence-electron chi connectivity index (χ1n) is 9.84. The fraction of sp³-hybridized carbons (Fsp3) is 0.167. The van der Waals surface area contributed by atoms with E-state index in [-0.39, 0.29) is 5.56 Å². The van der Waals surface area contributed by atoms with E-state index < -0.39 is 0 Å². The van der Waals surface area contributed by atoms with Gasteiger partial charge >= 0.3 is 0 Å². The molecule has 0 aliphatic heterocycles. The maximum absolute atomic E-state index is 12.3. The minimum Gasteiger partial charge on any atom is -0.494 e. The Morgan fingerprint density at radius 2 is 1.60 bits per heavy atom. The number of fused-ring (bicyclic) bond motifs is 1. The van der Waals surface area contributed by atoms with E-state index in [9.17, 15) is 4.79 Å². The monoisotopic (exact) mass is 401 g/mol. The SMILES string of the molecule is CCOc1ccc(Oc2ccc(NCc3cc(=O)n4cc(C)ccc4n3)cc2)cc1. The topological polar surface area (TPSA) is 64.9 Å². The summed E-state index contributed by atoms with van der Waals surface area (Å²) in [6, 6.07) is 20.5. The molecule has 0 spiro atoms. The van der Waals surface area contributed by atoms with Gasteiger partial charge in [-0.2, -0.15) is 0 Å². The number of ether oxygens (including phenoxy) is 2. The fourth-order valence-electron chi connectivity index (χ4n) is 3.09. The normalized spacial score (nSPS) is 10.7. The summed E-state index contributed by atoms with van der Waals surface area (Å²) in [5.74, 6) is 2.30. The van der Waals surface area contributed by atoms with Crippen molar-refractivity contribution in [3.63, 3.8) is 0 Å². The molecule has 0 saturated heterocycles. The van der Waals surface area contributed by atoms with Gasteiger partial charge in [0.25, 0.3) is 5.56 Å². The van der Waals surface area contributed by atoms with Gasteiger partial charge in [-0.1, -0.05) is 6.07 Å². The Hall–Kier alpha value is -3.80. The number of hydrogen-bond donors (Lipinski definition) is 1. The van der Waals surface area contributed by atoms with Crippen LogP contribution in [0.5, 0.6) is 17.2 Å². The molecule has 30 heavy (non-hydrogen) atoms. The predicted molar refractivity (Wildman–Crippen MR) is 118 cm³/mol. The minimum atomic E-state index is -0.0837. The Labute approximate surface area is 174 Å². The molecule has 0 aliphatic rings. The summed E-state index contributed by atoms with van der Waals surface area (Å²) in [7, 11) is 0. The molecule has 4 aromatic rings. The molecule has 152 valence electrons. The van der Waals surface area contributed by atoms with E-state index in [1.165, 1.54) is 0 Å². The zero-order valence-electron chi connectivity index (χ0n) is 17.0. The third kappa shape index (κ3) is 4.60. The van der Waals surface area contributed by atoms with Gasteiger partial charge in [0.05, 0.1) is 18.8 Å². The summed E-state index contributed by atoms with van der Waals surface area (Å²) < 4.78 is 12.9. The maximum atomic E-state index is 12.3. The molecule has 0 fully saturated rings. The van der Waals surface area contributed by atoms with Crippen LogP contribution < -0.4 is 20.3 Å². The Morgan fingerprint density at radius 3 is 2.30 bits per heavy atom. The number of hydrogen-bond acceptors (Lipinski definition) is 5. The number of anilines is 1. The van der Waals surface area contributed by atoms with Crippen LogP contribution in [0.4, 0.5) is 5.69 Å². The second kappa shape index (κ2) is 8.69. The molecule has 4 rings (SSSR count). The number of nitrogens with zero attached hydrogens (tertiary/aromatic N) is 2. The summed E-state index contributed by atoms with van der Waals surface area (Å²) >= 11 is 0. The van der Waals surface area contributed by atoms with E-state index in [4.69, 9.17) is 9.47 Å². The molecule has 0 radical (unpaired) electrons. The van der Waals surface area contributed by atoms with Crippen molar-refractivity contribution in [1.29, 1.82) is 0 Å². The average molecular weight is 401 g/mol. The largest absolute Gasteiger partial charge is 0.494 e. The summed E-state index contributed by atoms with van der Waals surface area (Å²) in [4.78, 5) is 16.9. The highest BCUT2D eigenvalue weighted by molar-refractivity contribution is 5.48. The summed E-state index contributed by atoms with van der Waals surface area (Å²) in [5.41, 5.74) is 3.19. The standard InChI is InChI=1S/C24H23N3O3/c1-3-29-20-9-11-22(12-10-20)30-21-7-5-18(6-8-21)25-15-19-14-24(28)27-16-17(2)4-13-23(27)26-19/h4-14,16,25H,3,15H2,1-2H3. The van der Waals surface area contributed by atoms with Crippen LogP contribution >= 0.6 is 0 Å². The van der Waals surface area contributed by atoms with E-state index in [1.54, 1.807) is 16.7 Å². The van der Waals surface area contributed by atoms with Crippen LogP contribution in [-0.4, -0.2) is 16.0 Å². The molecule has 2 heterocycles. The van der Waals surface area contributed by atoms with Crippen molar-refractivity contribution in [2.75, 3.05) is 11.9 Å². The third-order valence-electron chi connectivity index (χ3n) is 4.56. The van der Waals surface area contributed by atoms with Crippen molar-refractivity contribution < 1.29 is 9.47 Å². The smallest absolute Gasteiger partial charge is 0.258 e. The van der Waals surface area contributed by atoms with Crippen LogP contribution in [0, 0.1) is 6.92 Å². The maximum Gasteiger partial charge on any atom is 0.258 e. The van der Waals surface area contributed by atoms with Gasteiger partial charge in [0.15, 0.2) is 0 Å². The van der Waals surface area contributed by atoms with Gasteiger partial charge in [-0.25, -0.2) is 4.98 Å². The van der Waals surface area contributed by atoms with Gasteiger partial charge in [-0.05, 0) is 74.0 Å². The fourth-order valence-corrected chi connectivity index (χ4v) is 3.09. The molecule has 2 aromatic carbocycles. The van der Waals surface area contributed by atoms with Crippen LogP contribution in [0.2, 0.25) is 0 Å². The highest BCUT2D eigenvalue weighted by atomic mass is 16.5. The van der Waals surface area contributed by atoms with Gasteiger partial charge in [0.1, 0.15) is 22.9 Å². The average Bonchev–Trinajstić information content (AvgIpc) is 2.75. The first kappa shape index (κ1) is 19.5. The number of benzene rings is 2. The second-order valence-electron chi connectivity index (χ2n) is 6.90. The summed E-state index contributed by atoms with van der Waals surface area (Å²) in [5, 5.41) is 3.29. The number of rotatable bonds is 7. The summed E-state index contributed by atoms with van der Waals surface area (Å²) in [6.07, 6.45) is 1.80. The number of nitrogens with one attached hydrogen (secondary N) is 1. The predicted octanol–water partition coefficient (Wildman–Crippen LogP) is 4.81. The number of pyridine rings is 1. The zero-order valence-corrected chi connectivity index (χ0v) is 17.0. The van der Waals surface area contributed by atoms with Crippen molar-refractivity contribution >= 4 is 11.3 Å². The molecule has 0 atom stereocenters. The number of aryl methyl sites for hydroxylation is 1. The molecule has 0 aliphatic carbocycles. The molecular weight excluding hydrogens is 378 g/mol. The molecule has 6 nitrogen and oxygen atoms in total. The van der Waals surface area contributed by atoms with Gasteiger partial charge < -0.3 is 14.8 Å². The lowest BCUT2D eigenvalue weighted by Crippen LogP contribution is -2.17. The Balaban J connectivity index is 1.39. The molecule has 6 heteroatoms. The van der Waals surface area contributed by atoms with E-state index in [2.05, 4.69) is 10.3 Å². The van der Waals surface area contributed by atoms with E-state index >= 15 is 0 Å². The van der Waals surface area contributed by atoms with Crippen LogP contribution in [-0.2, 0) is 6.54 Å². The number of aromatic nitrogens is 2. The van der Waals surface area contributed by atoms with Crippen LogP contribution in [0.25, 0.3) is 5.65 Å². The van der Waals surface area contributed by atoms with Gasteiger partial charge in [-0.3, -0.25) is 9.20 Å². The molecule has 1 N–H and O–H groups in total. The molecule has 0 unspecified atom stereocenters. The first-order valence-corrected chi connectivity index (χ1v) is 9.84. The van der Waals surface area contributed by atoms with Crippen molar-refractivity contribution in [1.82, 2.24) is 9.38 Å². The molecular formula is C24H23N3O3. The molecule has 0 saturated carbocycles. The lowest BCUT2D eigenvalue weighted by atomic mass is 10.2. The Bertz CT molecular complexity index is 1200. The van der Waals surface area contributed by atoms with E-state index in [0.29, 0.717) is 24.5 Å². The van der Waals surface area contributed by atoms with Crippen LogP contribution in [0.15, 0.2) is 77.7 Å². The van der Waals surface area contributed by atoms with Crippen molar-refractivity contribution in [2.24, 2.45) is 0 Å². The minimum absolute atomic E-state index is 0.0837. The van der Waals surface area contributed by atoms with Crippen molar-refractivity contribution in [3.8, 4) is 17.2 Å². The Morgan fingerprint density at radius 1 is 0.933 bits per heavy atom. The first-order chi connectivity index (χ1) is 14.6. The van der Waals surface area contributed by atoms with Gasteiger partial charge in [0, 0.05) is 18.0 Å². The second-order valence-corrected chi connectivity index (χ2v) is 6.90. The van der Waals surface area contributed by atoms with E-state index in [1.807, 2.05) is 74.5 Å². The van der Waals surface area contributed by atoms with Crippen LogP contribution in [0.1, 0.15) is 18.2 Å².